The fourth-order valence-electron chi connectivity index (χ4n) is 8.52. The Morgan fingerprint density at radius 3 is 2.03 bits per heavy atom. The number of hydrogen-bond acceptors (Lipinski definition) is 3. The SMILES string of the molecule is CC12CC3CC(C)(C1)CC(c1ccc(NC(=O)c4ccc(Nc5ccccc5C(=O)O)cc4)cc1)(C3)C2. The molecule has 2 atom stereocenters. The maximum absolute atomic E-state index is 12.9. The Balaban J connectivity index is 1.13. The van der Waals surface area contributed by atoms with Crippen molar-refractivity contribution in [3.05, 3.63) is 89.5 Å². The van der Waals surface area contributed by atoms with E-state index in [2.05, 4.69) is 48.7 Å². The number of amides is 1. The minimum absolute atomic E-state index is 0.167. The first-order valence-electron chi connectivity index (χ1n) is 13.3. The molecular weight excluding hydrogens is 460 g/mol. The number of para-hydroxylation sites is 1. The lowest BCUT2D eigenvalue weighted by Crippen LogP contribution is -2.56. The van der Waals surface area contributed by atoms with Gasteiger partial charge < -0.3 is 15.7 Å². The van der Waals surface area contributed by atoms with Crippen LogP contribution in [0.25, 0.3) is 0 Å². The minimum atomic E-state index is -0.989. The molecule has 4 aliphatic carbocycles. The van der Waals surface area contributed by atoms with Crippen LogP contribution < -0.4 is 10.6 Å². The summed E-state index contributed by atoms with van der Waals surface area (Å²) in [5.74, 6) is -0.308. The summed E-state index contributed by atoms with van der Waals surface area (Å²) in [5.41, 5.74) is 5.43. The zero-order valence-electron chi connectivity index (χ0n) is 21.5. The molecule has 3 aromatic rings. The van der Waals surface area contributed by atoms with E-state index >= 15 is 0 Å². The monoisotopic (exact) mass is 494 g/mol. The average molecular weight is 495 g/mol. The first-order chi connectivity index (χ1) is 17.6. The highest BCUT2D eigenvalue weighted by atomic mass is 16.4. The van der Waals surface area contributed by atoms with E-state index in [0.29, 0.717) is 27.8 Å². The van der Waals surface area contributed by atoms with Crippen LogP contribution in [0.5, 0.6) is 0 Å². The standard InChI is InChI=1S/C32H34N2O3/c1-30-15-21-16-31(2,18-30)20-32(17-21,19-30)23-9-13-25(14-10-23)34-28(35)22-7-11-24(12-8-22)33-27-6-4-3-5-26(27)29(36)37/h3-14,21,33H,15-20H2,1-2H3,(H,34,35)(H,36,37). The van der Waals surface area contributed by atoms with E-state index in [-0.39, 0.29) is 16.9 Å². The highest BCUT2D eigenvalue weighted by Crippen LogP contribution is 2.69. The largest absolute Gasteiger partial charge is 0.478 e. The summed E-state index contributed by atoms with van der Waals surface area (Å²) in [5, 5.41) is 15.5. The molecule has 0 saturated heterocycles. The number of benzene rings is 3. The third-order valence-electron chi connectivity index (χ3n) is 8.96. The molecule has 37 heavy (non-hydrogen) atoms. The number of nitrogens with one attached hydrogen (secondary N) is 2. The van der Waals surface area contributed by atoms with Crippen LogP contribution in [-0.4, -0.2) is 17.0 Å². The van der Waals surface area contributed by atoms with Gasteiger partial charge in [-0.3, -0.25) is 4.79 Å². The van der Waals surface area contributed by atoms with Crippen molar-refractivity contribution in [2.75, 3.05) is 10.6 Å². The maximum atomic E-state index is 12.9. The van der Waals surface area contributed by atoms with Crippen LogP contribution in [-0.2, 0) is 5.41 Å². The number of carboxylic acid groups (broad SMARTS) is 1. The molecule has 0 aliphatic heterocycles. The maximum Gasteiger partial charge on any atom is 0.337 e. The summed E-state index contributed by atoms with van der Waals surface area (Å²) in [4.78, 5) is 24.4. The zero-order valence-corrected chi connectivity index (χ0v) is 21.5. The molecular formula is C32H34N2O3. The molecule has 4 bridgehead atoms. The van der Waals surface area contributed by atoms with Crippen molar-refractivity contribution in [3.63, 3.8) is 0 Å². The molecule has 4 fully saturated rings. The van der Waals surface area contributed by atoms with Crippen molar-refractivity contribution >= 4 is 28.9 Å². The quantitative estimate of drug-likeness (QED) is 0.329. The van der Waals surface area contributed by atoms with Crippen LogP contribution >= 0.6 is 0 Å². The van der Waals surface area contributed by atoms with Crippen molar-refractivity contribution in [2.45, 2.75) is 57.8 Å². The van der Waals surface area contributed by atoms with Crippen molar-refractivity contribution in [1.82, 2.24) is 0 Å². The van der Waals surface area contributed by atoms with Crippen molar-refractivity contribution in [2.24, 2.45) is 16.7 Å². The van der Waals surface area contributed by atoms with Gasteiger partial charge >= 0.3 is 5.97 Å². The molecule has 4 saturated carbocycles. The minimum Gasteiger partial charge on any atom is -0.478 e. The Labute approximate surface area is 218 Å². The van der Waals surface area contributed by atoms with Gasteiger partial charge in [0.2, 0.25) is 0 Å². The molecule has 0 spiro atoms. The van der Waals surface area contributed by atoms with Gasteiger partial charge in [0.1, 0.15) is 0 Å². The van der Waals surface area contributed by atoms with Gasteiger partial charge in [0.05, 0.1) is 11.3 Å². The van der Waals surface area contributed by atoms with Crippen LogP contribution in [0.15, 0.2) is 72.8 Å². The van der Waals surface area contributed by atoms with Crippen LogP contribution in [0.2, 0.25) is 0 Å². The van der Waals surface area contributed by atoms with E-state index in [1.165, 1.54) is 44.1 Å². The lowest BCUT2D eigenvalue weighted by Gasteiger charge is -2.65. The molecule has 5 heteroatoms. The third kappa shape index (κ3) is 4.41. The van der Waals surface area contributed by atoms with Crippen LogP contribution in [0, 0.1) is 16.7 Å². The second kappa shape index (κ2) is 8.47. The fourth-order valence-corrected chi connectivity index (χ4v) is 8.52. The molecule has 0 heterocycles. The van der Waals surface area contributed by atoms with Crippen molar-refractivity contribution in [1.29, 1.82) is 0 Å². The number of hydrogen-bond donors (Lipinski definition) is 3. The van der Waals surface area contributed by atoms with Gasteiger partial charge in [0.15, 0.2) is 0 Å². The van der Waals surface area contributed by atoms with Gasteiger partial charge in [-0.25, -0.2) is 4.79 Å². The molecule has 0 aromatic heterocycles. The molecule has 2 unspecified atom stereocenters. The molecule has 3 N–H and O–H groups in total. The Kier molecular flexibility index (Phi) is 5.45. The molecule has 190 valence electrons. The molecule has 4 aliphatic rings. The first-order valence-corrected chi connectivity index (χ1v) is 13.3. The van der Waals surface area contributed by atoms with E-state index < -0.39 is 5.97 Å². The Hall–Kier alpha value is -3.60. The normalized spacial score (nSPS) is 29.6. The summed E-state index contributed by atoms with van der Waals surface area (Å²) in [7, 11) is 0. The predicted molar refractivity (Wildman–Crippen MR) is 147 cm³/mol. The van der Waals surface area contributed by atoms with E-state index in [0.717, 1.165) is 11.6 Å². The number of carboxylic acids is 1. The predicted octanol–water partition coefficient (Wildman–Crippen LogP) is 7.63. The van der Waals surface area contributed by atoms with Crippen molar-refractivity contribution in [3.8, 4) is 0 Å². The summed E-state index contributed by atoms with van der Waals surface area (Å²) in [6.07, 6.45) is 8.02. The second-order valence-corrected chi connectivity index (χ2v) is 12.5. The Morgan fingerprint density at radius 1 is 0.784 bits per heavy atom. The summed E-state index contributed by atoms with van der Waals surface area (Å²) < 4.78 is 0. The van der Waals surface area contributed by atoms with Gasteiger partial charge in [-0.15, -0.1) is 0 Å². The van der Waals surface area contributed by atoms with Crippen LogP contribution in [0.1, 0.15) is 78.7 Å². The van der Waals surface area contributed by atoms with E-state index in [4.69, 9.17) is 0 Å². The smallest absolute Gasteiger partial charge is 0.337 e. The second-order valence-electron chi connectivity index (χ2n) is 12.5. The lowest BCUT2D eigenvalue weighted by molar-refractivity contribution is -0.110. The highest BCUT2D eigenvalue weighted by Gasteiger charge is 2.60. The van der Waals surface area contributed by atoms with Crippen molar-refractivity contribution < 1.29 is 14.7 Å². The first kappa shape index (κ1) is 23.8. The topological polar surface area (TPSA) is 78.4 Å². The third-order valence-corrected chi connectivity index (χ3v) is 8.96. The van der Waals surface area contributed by atoms with Gasteiger partial charge in [0, 0.05) is 16.9 Å². The molecule has 7 rings (SSSR count). The van der Waals surface area contributed by atoms with Gasteiger partial charge in [-0.1, -0.05) is 38.1 Å². The Morgan fingerprint density at radius 2 is 1.41 bits per heavy atom. The molecule has 1 amide bonds. The van der Waals surface area contributed by atoms with Gasteiger partial charge in [-0.05, 0) is 115 Å². The summed E-state index contributed by atoms with van der Waals surface area (Å²) in [6, 6.07) is 22.4. The lowest BCUT2D eigenvalue weighted by atomic mass is 9.39. The molecule has 3 aromatic carbocycles. The van der Waals surface area contributed by atoms with Gasteiger partial charge in [-0.2, -0.15) is 0 Å². The summed E-state index contributed by atoms with van der Waals surface area (Å²) in [6.45, 7) is 5.01. The summed E-state index contributed by atoms with van der Waals surface area (Å²) >= 11 is 0. The zero-order chi connectivity index (χ0) is 25.8. The molecule has 0 radical (unpaired) electrons. The van der Waals surface area contributed by atoms with E-state index in [1.54, 1.807) is 48.5 Å². The number of rotatable bonds is 6. The number of anilines is 3. The number of carbonyl (C=O) groups is 2. The van der Waals surface area contributed by atoms with Gasteiger partial charge in [0.25, 0.3) is 5.91 Å². The Bertz CT molecular complexity index is 1340. The fraction of sp³-hybridized carbons (Fsp3) is 0.375. The van der Waals surface area contributed by atoms with Crippen LogP contribution in [0.4, 0.5) is 17.1 Å². The van der Waals surface area contributed by atoms with Crippen LogP contribution in [0.3, 0.4) is 0 Å². The van der Waals surface area contributed by atoms with E-state index in [1.807, 2.05) is 0 Å². The van der Waals surface area contributed by atoms with E-state index in [9.17, 15) is 14.7 Å². The molecule has 5 nitrogen and oxygen atoms in total. The number of carbonyl (C=O) groups excluding carboxylic acids is 1. The highest BCUT2D eigenvalue weighted by molar-refractivity contribution is 6.04. The number of aromatic carboxylic acids is 1. The average Bonchev–Trinajstić information content (AvgIpc) is 2.83.